The lowest BCUT2D eigenvalue weighted by atomic mass is 10.2. The van der Waals surface area contributed by atoms with Crippen LogP contribution in [-0.4, -0.2) is 27.2 Å². The van der Waals surface area contributed by atoms with Crippen molar-refractivity contribution in [3.05, 3.63) is 72.3 Å². The van der Waals surface area contributed by atoms with Crippen molar-refractivity contribution >= 4 is 11.6 Å². The molecule has 3 rings (SSSR count). The Kier molecular flexibility index (Phi) is 5.11. The van der Waals surface area contributed by atoms with E-state index in [-0.39, 0.29) is 12.5 Å². The van der Waals surface area contributed by atoms with Gasteiger partial charge < -0.3 is 15.2 Å². The number of aliphatic hydroxyl groups excluding tert-OH is 1. The molecule has 0 bridgehead atoms. The second-order valence-electron chi connectivity index (χ2n) is 5.35. The molecular formula is C19H19N3O3. The van der Waals surface area contributed by atoms with E-state index in [1.54, 1.807) is 29.1 Å². The number of rotatable bonds is 6. The van der Waals surface area contributed by atoms with Crippen molar-refractivity contribution in [1.29, 1.82) is 0 Å². The van der Waals surface area contributed by atoms with E-state index in [1.165, 1.54) is 6.20 Å². The summed E-state index contributed by atoms with van der Waals surface area (Å²) in [6.45, 7) is 2.22. The molecule has 0 atom stereocenters. The smallest absolute Gasteiger partial charge is 0.274 e. The molecule has 0 aliphatic heterocycles. The summed E-state index contributed by atoms with van der Waals surface area (Å²) in [6, 6.07) is 14.7. The lowest BCUT2D eigenvalue weighted by molar-refractivity contribution is 0.102. The van der Waals surface area contributed by atoms with Gasteiger partial charge in [0, 0.05) is 16.9 Å². The monoisotopic (exact) mass is 337 g/mol. The van der Waals surface area contributed by atoms with E-state index in [2.05, 4.69) is 10.3 Å². The van der Waals surface area contributed by atoms with E-state index in [0.717, 1.165) is 5.69 Å². The molecule has 0 aliphatic rings. The van der Waals surface area contributed by atoms with Gasteiger partial charge in [-0.15, -0.1) is 0 Å². The van der Waals surface area contributed by atoms with Crippen molar-refractivity contribution in [3.63, 3.8) is 0 Å². The van der Waals surface area contributed by atoms with Crippen LogP contribution < -0.4 is 10.1 Å². The number of aliphatic hydroxyl groups is 1. The summed E-state index contributed by atoms with van der Waals surface area (Å²) in [6.07, 6.45) is 3.12. The minimum absolute atomic E-state index is 0.166. The van der Waals surface area contributed by atoms with Crippen molar-refractivity contribution in [2.75, 3.05) is 11.9 Å². The highest BCUT2D eigenvalue weighted by Crippen LogP contribution is 2.23. The summed E-state index contributed by atoms with van der Waals surface area (Å²) in [7, 11) is 0. The molecule has 0 saturated heterocycles. The first-order valence-corrected chi connectivity index (χ1v) is 7.98. The van der Waals surface area contributed by atoms with Gasteiger partial charge in [0.15, 0.2) is 0 Å². The molecule has 2 aromatic carbocycles. The van der Waals surface area contributed by atoms with Gasteiger partial charge in [-0.05, 0) is 37.3 Å². The van der Waals surface area contributed by atoms with Crippen LogP contribution in [0.4, 0.5) is 5.69 Å². The van der Waals surface area contributed by atoms with Gasteiger partial charge >= 0.3 is 0 Å². The van der Waals surface area contributed by atoms with Crippen LogP contribution in [0.1, 0.15) is 23.0 Å². The number of aromatic nitrogens is 2. The van der Waals surface area contributed by atoms with Crippen LogP contribution in [0.15, 0.2) is 61.1 Å². The predicted molar refractivity (Wildman–Crippen MR) is 95.1 cm³/mol. The maximum absolute atomic E-state index is 12.6. The molecule has 0 radical (unpaired) electrons. The Balaban J connectivity index is 1.83. The van der Waals surface area contributed by atoms with Gasteiger partial charge in [-0.3, -0.25) is 9.36 Å². The number of carbonyl (C=O) groups excluding carboxylic acids is 1. The Morgan fingerprint density at radius 3 is 2.76 bits per heavy atom. The van der Waals surface area contributed by atoms with E-state index >= 15 is 0 Å². The normalized spacial score (nSPS) is 10.5. The average Bonchev–Trinajstić information content (AvgIpc) is 3.14. The Hall–Kier alpha value is -3.12. The third-order valence-electron chi connectivity index (χ3n) is 3.69. The van der Waals surface area contributed by atoms with E-state index in [4.69, 9.17) is 4.74 Å². The Morgan fingerprint density at radius 1 is 1.24 bits per heavy atom. The lowest BCUT2D eigenvalue weighted by Crippen LogP contribution is -2.16. The standard InChI is InChI=1S/C19H19N3O3/c1-2-25-18-9-8-15(10-14(18)12-23)21-19(24)17-11-20-13-22(17)16-6-4-3-5-7-16/h3-11,13,23H,2,12H2,1H3,(H,21,24). The topological polar surface area (TPSA) is 76.4 Å². The second-order valence-corrected chi connectivity index (χ2v) is 5.35. The minimum Gasteiger partial charge on any atom is -0.494 e. The Labute approximate surface area is 145 Å². The second kappa shape index (κ2) is 7.63. The quantitative estimate of drug-likeness (QED) is 0.725. The Bertz CT molecular complexity index is 859. The third kappa shape index (κ3) is 3.70. The maximum atomic E-state index is 12.6. The molecule has 1 amide bonds. The van der Waals surface area contributed by atoms with Crippen molar-refractivity contribution in [2.24, 2.45) is 0 Å². The van der Waals surface area contributed by atoms with Crippen molar-refractivity contribution < 1.29 is 14.6 Å². The van der Waals surface area contributed by atoms with Gasteiger partial charge in [0.2, 0.25) is 0 Å². The van der Waals surface area contributed by atoms with Crippen molar-refractivity contribution in [3.8, 4) is 11.4 Å². The van der Waals surface area contributed by atoms with E-state index in [9.17, 15) is 9.90 Å². The first-order valence-electron chi connectivity index (χ1n) is 7.98. The number of amides is 1. The summed E-state index contributed by atoms with van der Waals surface area (Å²) in [5.74, 6) is 0.326. The fourth-order valence-corrected chi connectivity index (χ4v) is 2.53. The number of hydrogen-bond donors (Lipinski definition) is 2. The molecule has 0 spiro atoms. The fourth-order valence-electron chi connectivity index (χ4n) is 2.53. The summed E-state index contributed by atoms with van der Waals surface area (Å²) >= 11 is 0. The highest BCUT2D eigenvalue weighted by Gasteiger charge is 2.14. The van der Waals surface area contributed by atoms with Crippen LogP contribution in [0.2, 0.25) is 0 Å². The van der Waals surface area contributed by atoms with Crippen LogP contribution >= 0.6 is 0 Å². The zero-order chi connectivity index (χ0) is 17.6. The first kappa shape index (κ1) is 16.7. The summed E-state index contributed by atoms with van der Waals surface area (Å²) < 4.78 is 7.17. The zero-order valence-corrected chi connectivity index (χ0v) is 13.8. The molecule has 0 aliphatic carbocycles. The highest BCUT2D eigenvalue weighted by molar-refractivity contribution is 6.03. The summed E-state index contributed by atoms with van der Waals surface area (Å²) in [5, 5.41) is 12.3. The van der Waals surface area contributed by atoms with Crippen molar-refractivity contribution in [1.82, 2.24) is 9.55 Å². The van der Waals surface area contributed by atoms with Crippen LogP contribution in [0.3, 0.4) is 0 Å². The molecule has 3 aromatic rings. The Morgan fingerprint density at radius 2 is 2.04 bits per heavy atom. The SMILES string of the molecule is CCOc1ccc(NC(=O)c2cncn2-c2ccccc2)cc1CO. The van der Waals surface area contributed by atoms with E-state index < -0.39 is 0 Å². The summed E-state index contributed by atoms with van der Waals surface area (Å²) in [4.78, 5) is 16.7. The molecule has 2 N–H and O–H groups in total. The molecule has 0 unspecified atom stereocenters. The number of ether oxygens (including phenoxy) is 1. The van der Waals surface area contributed by atoms with Crippen LogP contribution in [-0.2, 0) is 6.61 Å². The third-order valence-corrected chi connectivity index (χ3v) is 3.69. The van der Waals surface area contributed by atoms with Crippen LogP contribution in [0, 0.1) is 0 Å². The van der Waals surface area contributed by atoms with Gasteiger partial charge in [-0.25, -0.2) is 4.98 Å². The number of nitrogens with zero attached hydrogens (tertiary/aromatic N) is 2. The molecule has 1 heterocycles. The fraction of sp³-hybridized carbons (Fsp3) is 0.158. The molecule has 6 nitrogen and oxygen atoms in total. The number of hydrogen-bond acceptors (Lipinski definition) is 4. The van der Waals surface area contributed by atoms with Crippen LogP contribution in [0.5, 0.6) is 5.75 Å². The lowest BCUT2D eigenvalue weighted by Gasteiger charge is -2.12. The highest BCUT2D eigenvalue weighted by atomic mass is 16.5. The number of benzene rings is 2. The molecule has 0 fully saturated rings. The van der Waals surface area contributed by atoms with Gasteiger partial charge in [0.1, 0.15) is 11.4 Å². The maximum Gasteiger partial charge on any atom is 0.274 e. The molecule has 1 aromatic heterocycles. The van der Waals surface area contributed by atoms with Gasteiger partial charge in [0.25, 0.3) is 5.91 Å². The number of anilines is 1. The average molecular weight is 337 g/mol. The van der Waals surface area contributed by atoms with Crippen LogP contribution in [0.25, 0.3) is 5.69 Å². The molecular weight excluding hydrogens is 318 g/mol. The minimum atomic E-state index is -0.283. The van der Waals surface area contributed by atoms with Gasteiger partial charge in [-0.1, -0.05) is 18.2 Å². The molecule has 0 saturated carbocycles. The number of carbonyl (C=O) groups is 1. The van der Waals surface area contributed by atoms with E-state index in [1.807, 2.05) is 37.3 Å². The molecule has 128 valence electrons. The largest absolute Gasteiger partial charge is 0.494 e. The van der Waals surface area contributed by atoms with Crippen molar-refractivity contribution in [2.45, 2.75) is 13.5 Å². The first-order chi connectivity index (χ1) is 12.2. The number of para-hydroxylation sites is 1. The summed E-state index contributed by atoms with van der Waals surface area (Å²) in [5.41, 5.74) is 2.48. The molecule has 25 heavy (non-hydrogen) atoms. The van der Waals surface area contributed by atoms with Gasteiger partial charge in [-0.2, -0.15) is 0 Å². The number of imidazole rings is 1. The van der Waals surface area contributed by atoms with Gasteiger partial charge in [0.05, 0.1) is 25.7 Å². The predicted octanol–water partition coefficient (Wildman–Crippen LogP) is 3.02. The molecule has 6 heteroatoms. The van der Waals surface area contributed by atoms with E-state index in [0.29, 0.717) is 29.3 Å². The zero-order valence-electron chi connectivity index (χ0n) is 13.8. The number of nitrogens with one attached hydrogen (secondary N) is 1.